The Morgan fingerprint density at radius 3 is 2.47 bits per heavy atom. The number of hydrogen-bond acceptors (Lipinski definition) is 7. The van der Waals surface area contributed by atoms with Gasteiger partial charge in [-0.15, -0.1) is 0 Å². The van der Waals surface area contributed by atoms with Crippen LogP contribution in [0.3, 0.4) is 0 Å². The molecule has 0 aliphatic rings. The van der Waals surface area contributed by atoms with Gasteiger partial charge in [-0.1, -0.05) is 12.1 Å². The molecule has 3 rings (SSSR count). The summed E-state index contributed by atoms with van der Waals surface area (Å²) in [5.41, 5.74) is 3.31. The molecule has 0 bridgehead atoms. The van der Waals surface area contributed by atoms with Gasteiger partial charge in [0.05, 0.1) is 18.7 Å². The number of aromatic nitrogens is 1. The van der Waals surface area contributed by atoms with E-state index in [4.69, 9.17) is 9.47 Å². The Morgan fingerprint density at radius 1 is 0.971 bits per heavy atom. The molecule has 0 spiro atoms. The third kappa shape index (κ3) is 7.03. The topological polar surface area (TPSA) is 107 Å². The van der Waals surface area contributed by atoms with E-state index in [0.29, 0.717) is 12.1 Å². The molecule has 0 radical (unpaired) electrons. The number of anilines is 1. The highest BCUT2D eigenvalue weighted by molar-refractivity contribution is 5.97. The van der Waals surface area contributed by atoms with Crippen molar-refractivity contribution in [2.24, 2.45) is 0 Å². The fourth-order valence-electron chi connectivity index (χ4n) is 3.41. The zero-order chi connectivity index (χ0) is 24.3. The van der Waals surface area contributed by atoms with Gasteiger partial charge in [0.1, 0.15) is 6.04 Å². The Morgan fingerprint density at radius 2 is 1.74 bits per heavy atom. The van der Waals surface area contributed by atoms with Crippen LogP contribution in [-0.2, 0) is 25.6 Å². The van der Waals surface area contributed by atoms with Crippen LogP contribution in [0.25, 0.3) is 10.9 Å². The number of nitrogens with zero attached hydrogens (tertiary/aromatic N) is 1. The molecule has 0 aliphatic carbocycles. The van der Waals surface area contributed by atoms with Gasteiger partial charge < -0.3 is 20.1 Å². The number of ether oxygens (including phenoxy) is 2. The number of pyridine rings is 1. The molecule has 0 saturated carbocycles. The van der Waals surface area contributed by atoms with Crippen molar-refractivity contribution >= 4 is 34.4 Å². The number of carbonyl (C=O) groups is 3. The maximum atomic E-state index is 12.7. The predicted octanol–water partition coefficient (Wildman–Crippen LogP) is 3.85. The minimum Gasteiger partial charge on any atom is -0.466 e. The van der Waals surface area contributed by atoms with Crippen LogP contribution in [0.1, 0.15) is 42.6 Å². The fraction of sp³-hybridized carbons (Fsp3) is 0.308. The highest BCUT2D eigenvalue weighted by Crippen LogP contribution is 2.16. The van der Waals surface area contributed by atoms with Crippen molar-refractivity contribution in [1.29, 1.82) is 0 Å². The van der Waals surface area contributed by atoms with E-state index in [2.05, 4.69) is 21.7 Å². The molecule has 1 aromatic heterocycles. The number of benzene rings is 2. The monoisotopic (exact) mass is 463 g/mol. The molecule has 0 aliphatic heterocycles. The van der Waals surface area contributed by atoms with Gasteiger partial charge in [0.25, 0.3) is 5.91 Å². The zero-order valence-electron chi connectivity index (χ0n) is 19.4. The molecule has 1 atom stereocenters. The second kappa shape index (κ2) is 12.3. The summed E-state index contributed by atoms with van der Waals surface area (Å²) in [6, 6.07) is 16.1. The van der Waals surface area contributed by atoms with Crippen molar-refractivity contribution in [2.75, 3.05) is 18.5 Å². The van der Waals surface area contributed by atoms with E-state index in [9.17, 15) is 14.4 Å². The molecule has 3 aromatic rings. The molecule has 1 amide bonds. The van der Waals surface area contributed by atoms with Gasteiger partial charge in [0.15, 0.2) is 0 Å². The maximum absolute atomic E-state index is 12.7. The SMILES string of the molecule is CCOC(=O)CC[C@@H](NC(=O)c1ccc(NCc2ccc3ncccc3c2)cc1)C(=O)OCC. The number of carbonyl (C=O) groups excluding carboxylic acids is 3. The van der Waals surface area contributed by atoms with Gasteiger partial charge in [-0.05, 0) is 68.3 Å². The smallest absolute Gasteiger partial charge is 0.328 e. The van der Waals surface area contributed by atoms with Crippen molar-refractivity contribution in [3.63, 3.8) is 0 Å². The molecule has 0 saturated heterocycles. The van der Waals surface area contributed by atoms with Crippen molar-refractivity contribution in [2.45, 2.75) is 39.3 Å². The van der Waals surface area contributed by atoms with Crippen LogP contribution in [0.4, 0.5) is 5.69 Å². The van der Waals surface area contributed by atoms with Crippen LogP contribution in [0, 0.1) is 0 Å². The Kier molecular flexibility index (Phi) is 8.96. The average Bonchev–Trinajstić information content (AvgIpc) is 2.85. The van der Waals surface area contributed by atoms with Crippen molar-refractivity contribution in [3.05, 3.63) is 71.9 Å². The standard InChI is InChI=1S/C26H29N3O5/c1-3-33-24(30)14-13-23(26(32)34-4-2)29-25(31)19-8-10-21(11-9-19)28-17-18-7-12-22-20(16-18)6-5-15-27-22/h5-12,15-16,23,28H,3-4,13-14,17H2,1-2H3,(H,29,31)/t23-/m1/s1. The van der Waals surface area contributed by atoms with Gasteiger partial charge in [-0.3, -0.25) is 14.6 Å². The number of rotatable bonds is 11. The Balaban J connectivity index is 1.58. The number of amides is 1. The van der Waals surface area contributed by atoms with Crippen molar-refractivity contribution in [3.8, 4) is 0 Å². The van der Waals surface area contributed by atoms with Gasteiger partial charge in [-0.2, -0.15) is 0 Å². The first-order valence-electron chi connectivity index (χ1n) is 11.3. The van der Waals surface area contributed by atoms with E-state index in [0.717, 1.165) is 22.2 Å². The summed E-state index contributed by atoms with van der Waals surface area (Å²) in [6.45, 7) is 4.45. The lowest BCUT2D eigenvalue weighted by Gasteiger charge is -2.17. The zero-order valence-corrected chi connectivity index (χ0v) is 19.4. The largest absolute Gasteiger partial charge is 0.466 e. The summed E-state index contributed by atoms with van der Waals surface area (Å²) in [5.74, 6) is -1.43. The van der Waals surface area contributed by atoms with Gasteiger partial charge >= 0.3 is 11.9 Å². The quantitative estimate of drug-likeness (QED) is 0.416. The third-order valence-electron chi connectivity index (χ3n) is 5.13. The van der Waals surface area contributed by atoms with E-state index in [-0.39, 0.29) is 26.1 Å². The fourth-order valence-corrected chi connectivity index (χ4v) is 3.41. The molecule has 178 valence electrons. The summed E-state index contributed by atoms with van der Waals surface area (Å²) >= 11 is 0. The third-order valence-corrected chi connectivity index (χ3v) is 5.13. The Bertz CT molecular complexity index is 1130. The van der Waals surface area contributed by atoms with Crippen LogP contribution in [0.2, 0.25) is 0 Å². The van der Waals surface area contributed by atoms with E-state index in [1.165, 1.54) is 0 Å². The molecule has 0 unspecified atom stereocenters. The van der Waals surface area contributed by atoms with E-state index >= 15 is 0 Å². The van der Waals surface area contributed by atoms with Gasteiger partial charge in [0, 0.05) is 35.8 Å². The molecule has 2 N–H and O–H groups in total. The molecule has 1 heterocycles. The number of esters is 2. The second-order valence-electron chi connectivity index (χ2n) is 7.58. The molecule has 8 heteroatoms. The van der Waals surface area contributed by atoms with Crippen LogP contribution < -0.4 is 10.6 Å². The van der Waals surface area contributed by atoms with E-state index in [1.807, 2.05) is 24.3 Å². The highest BCUT2D eigenvalue weighted by Gasteiger charge is 2.24. The summed E-state index contributed by atoms with van der Waals surface area (Å²) in [7, 11) is 0. The van der Waals surface area contributed by atoms with Gasteiger partial charge in [0.2, 0.25) is 0 Å². The van der Waals surface area contributed by atoms with Gasteiger partial charge in [-0.25, -0.2) is 4.79 Å². The lowest BCUT2D eigenvalue weighted by atomic mass is 10.1. The lowest BCUT2D eigenvalue weighted by molar-refractivity contribution is -0.146. The van der Waals surface area contributed by atoms with Crippen molar-refractivity contribution in [1.82, 2.24) is 10.3 Å². The molecule has 8 nitrogen and oxygen atoms in total. The summed E-state index contributed by atoms with van der Waals surface area (Å²) in [4.78, 5) is 40.9. The first kappa shape index (κ1) is 24.7. The van der Waals surface area contributed by atoms with Crippen LogP contribution in [-0.4, -0.2) is 42.1 Å². The number of nitrogens with one attached hydrogen (secondary N) is 2. The van der Waals surface area contributed by atoms with E-state index < -0.39 is 23.9 Å². The van der Waals surface area contributed by atoms with Crippen molar-refractivity contribution < 1.29 is 23.9 Å². The number of fused-ring (bicyclic) bond motifs is 1. The van der Waals surface area contributed by atoms with Crippen LogP contribution >= 0.6 is 0 Å². The molecular weight excluding hydrogens is 434 g/mol. The Labute approximate surface area is 198 Å². The molecule has 2 aromatic carbocycles. The maximum Gasteiger partial charge on any atom is 0.328 e. The molecular formula is C26H29N3O5. The summed E-state index contributed by atoms with van der Waals surface area (Å²) in [6.07, 6.45) is 1.88. The minimum atomic E-state index is -0.933. The first-order chi connectivity index (χ1) is 16.5. The minimum absolute atomic E-state index is 0.00525. The van der Waals surface area contributed by atoms with E-state index in [1.54, 1.807) is 44.3 Å². The summed E-state index contributed by atoms with van der Waals surface area (Å²) in [5, 5.41) is 7.07. The second-order valence-corrected chi connectivity index (χ2v) is 7.58. The lowest BCUT2D eigenvalue weighted by Crippen LogP contribution is -2.42. The average molecular weight is 464 g/mol. The summed E-state index contributed by atoms with van der Waals surface area (Å²) < 4.78 is 9.93. The first-order valence-corrected chi connectivity index (χ1v) is 11.3. The normalized spacial score (nSPS) is 11.5. The molecule has 34 heavy (non-hydrogen) atoms. The van der Waals surface area contributed by atoms with Crippen LogP contribution in [0.5, 0.6) is 0 Å². The van der Waals surface area contributed by atoms with Crippen LogP contribution in [0.15, 0.2) is 60.8 Å². The number of hydrogen-bond donors (Lipinski definition) is 2. The predicted molar refractivity (Wildman–Crippen MR) is 129 cm³/mol. The molecule has 0 fully saturated rings. The highest BCUT2D eigenvalue weighted by atomic mass is 16.5. The Hall–Kier alpha value is -3.94.